The maximum Gasteiger partial charge on any atom is 0.234 e. The Balaban J connectivity index is 1.54. The summed E-state index contributed by atoms with van der Waals surface area (Å²) in [5, 5.41) is 14.7. The number of carbonyl (C=O) groups is 2. The van der Waals surface area contributed by atoms with Crippen LogP contribution in [0.4, 0.5) is 11.4 Å². The lowest BCUT2D eigenvalue weighted by molar-refractivity contribution is -0.116. The van der Waals surface area contributed by atoms with Crippen molar-refractivity contribution in [3.63, 3.8) is 0 Å². The van der Waals surface area contributed by atoms with Gasteiger partial charge in [0.1, 0.15) is 11.6 Å². The molecule has 0 radical (unpaired) electrons. The van der Waals surface area contributed by atoms with Crippen LogP contribution in [-0.4, -0.2) is 38.9 Å². The van der Waals surface area contributed by atoms with Crippen LogP contribution in [0.25, 0.3) is 0 Å². The number of carbonyl (C=O) groups excluding carboxylic acids is 2. The quantitative estimate of drug-likeness (QED) is 0.411. The van der Waals surface area contributed by atoms with Crippen LogP contribution in [0.3, 0.4) is 0 Å². The van der Waals surface area contributed by atoms with Crippen LogP contribution in [0.5, 0.6) is 5.75 Å². The van der Waals surface area contributed by atoms with Gasteiger partial charge in [-0.1, -0.05) is 30.8 Å². The summed E-state index contributed by atoms with van der Waals surface area (Å²) in [6.07, 6.45) is 1.04. The number of nitrogens with zero attached hydrogens (tertiary/aromatic N) is 3. The Morgan fingerprint density at radius 3 is 2.15 bits per heavy atom. The Morgan fingerprint density at radius 1 is 0.909 bits per heavy atom. The summed E-state index contributed by atoms with van der Waals surface area (Å²) in [7, 11) is 0. The highest BCUT2D eigenvalue weighted by atomic mass is 32.2. The molecule has 3 rings (SSSR count). The minimum absolute atomic E-state index is 0.0879. The molecule has 1 aromatic heterocycles. The predicted octanol–water partition coefficient (Wildman–Crippen LogP) is 4.17. The van der Waals surface area contributed by atoms with Gasteiger partial charge in [0.15, 0.2) is 5.16 Å². The average molecular weight is 468 g/mol. The fourth-order valence-electron chi connectivity index (χ4n) is 3.18. The second-order valence-electron chi connectivity index (χ2n) is 7.21. The van der Waals surface area contributed by atoms with Crippen molar-refractivity contribution < 1.29 is 14.3 Å². The SMILES string of the molecule is CCOc1ccc(NC(=O)Cc2nnc(SCC(=O)Nc3ccc(CC)cc3)n2CC)cc1. The normalized spacial score (nSPS) is 10.6. The zero-order valence-corrected chi connectivity index (χ0v) is 19.9. The highest BCUT2D eigenvalue weighted by molar-refractivity contribution is 7.99. The molecule has 0 unspecified atom stereocenters. The van der Waals surface area contributed by atoms with Gasteiger partial charge < -0.3 is 19.9 Å². The van der Waals surface area contributed by atoms with E-state index < -0.39 is 0 Å². The smallest absolute Gasteiger partial charge is 0.234 e. The molecule has 0 aliphatic rings. The minimum atomic E-state index is -0.189. The van der Waals surface area contributed by atoms with Crippen molar-refractivity contribution in [2.24, 2.45) is 0 Å². The molecular weight excluding hydrogens is 438 g/mol. The van der Waals surface area contributed by atoms with Crippen LogP contribution in [0.2, 0.25) is 0 Å². The lowest BCUT2D eigenvalue weighted by atomic mass is 10.1. The number of aryl methyl sites for hydroxylation is 1. The number of nitrogens with one attached hydrogen (secondary N) is 2. The summed E-state index contributed by atoms with van der Waals surface area (Å²) in [5.41, 5.74) is 2.67. The molecule has 33 heavy (non-hydrogen) atoms. The van der Waals surface area contributed by atoms with E-state index in [4.69, 9.17) is 4.74 Å². The molecule has 0 aliphatic carbocycles. The number of aromatic nitrogens is 3. The topological polar surface area (TPSA) is 98.1 Å². The van der Waals surface area contributed by atoms with E-state index in [-0.39, 0.29) is 24.0 Å². The summed E-state index contributed by atoms with van der Waals surface area (Å²) < 4.78 is 7.26. The largest absolute Gasteiger partial charge is 0.494 e. The van der Waals surface area contributed by atoms with Crippen molar-refractivity contribution >= 4 is 35.0 Å². The molecule has 0 atom stereocenters. The summed E-state index contributed by atoms with van der Waals surface area (Å²) >= 11 is 1.30. The van der Waals surface area contributed by atoms with Crippen LogP contribution in [0, 0.1) is 0 Å². The Morgan fingerprint density at radius 2 is 1.55 bits per heavy atom. The first-order valence-electron chi connectivity index (χ1n) is 11.0. The van der Waals surface area contributed by atoms with Crippen molar-refractivity contribution in [2.75, 3.05) is 23.0 Å². The van der Waals surface area contributed by atoms with Gasteiger partial charge in [-0.15, -0.1) is 10.2 Å². The maximum atomic E-state index is 12.5. The van der Waals surface area contributed by atoms with Gasteiger partial charge in [0, 0.05) is 17.9 Å². The van der Waals surface area contributed by atoms with Gasteiger partial charge in [0.2, 0.25) is 11.8 Å². The van der Waals surface area contributed by atoms with Gasteiger partial charge in [-0.05, 0) is 62.2 Å². The summed E-state index contributed by atoms with van der Waals surface area (Å²) in [4.78, 5) is 24.8. The predicted molar refractivity (Wildman–Crippen MR) is 131 cm³/mol. The lowest BCUT2D eigenvalue weighted by Crippen LogP contribution is -2.18. The Labute approximate surface area is 198 Å². The first-order chi connectivity index (χ1) is 16.0. The molecule has 0 bridgehead atoms. The Kier molecular flexibility index (Phi) is 8.88. The highest BCUT2D eigenvalue weighted by Crippen LogP contribution is 2.19. The number of hydrogen-bond donors (Lipinski definition) is 2. The first-order valence-corrected chi connectivity index (χ1v) is 12.0. The zero-order valence-electron chi connectivity index (χ0n) is 19.1. The third kappa shape index (κ3) is 7.08. The van der Waals surface area contributed by atoms with Crippen molar-refractivity contribution in [2.45, 2.75) is 45.3 Å². The minimum Gasteiger partial charge on any atom is -0.494 e. The van der Waals surface area contributed by atoms with Gasteiger partial charge in [-0.3, -0.25) is 9.59 Å². The van der Waals surface area contributed by atoms with Gasteiger partial charge in [-0.2, -0.15) is 0 Å². The Hall–Kier alpha value is -3.33. The van der Waals surface area contributed by atoms with E-state index in [1.807, 2.05) is 54.8 Å². The van der Waals surface area contributed by atoms with Crippen LogP contribution < -0.4 is 15.4 Å². The highest BCUT2D eigenvalue weighted by Gasteiger charge is 2.16. The fourth-order valence-corrected chi connectivity index (χ4v) is 4.00. The molecule has 8 nitrogen and oxygen atoms in total. The molecule has 2 aromatic carbocycles. The zero-order chi connectivity index (χ0) is 23.6. The van der Waals surface area contributed by atoms with E-state index >= 15 is 0 Å². The van der Waals surface area contributed by atoms with Crippen LogP contribution in [-0.2, 0) is 29.0 Å². The Bertz CT molecular complexity index is 1060. The molecule has 3 aromatic rings. The van der Waals surface area contributed by atoms with E-state index in [9.17, 15) is 9.59 Å². The summed E-state index contributed by atoms with van der Waals surface area (Å²) in [6, 6.07) is 15.0. The first kappa shape index (κ1) is 24.3. The van der Waals surface area contributed by atoms with E-state index in [0.29, 0.717) is 29.8 Å². The number of hydrogen-bond acceptors (Lipinski definition) is 6. The summed E-state index contributed by atoms with van der Waals surface area (Å²) in [5.74, 6) is 1.20. The number of thioether (sulfide) groups is 1. The number of benzene rings is 2. The number of amides is 2. The van der Waals surface area contributed by atoms with Crippen molar-refractivity contribution in [1.29, 1.82) is 0 Å². The van der Waals surface area contributed by atoms with Crippen LogP contribution in [0.15, 0.2) is 53.7 Å². The molecule has 0 saturated carbocycles. The fraction of sp³-hybridized carbons (Fsp3) is 0.333. The third-order valence-electron chi connectivity index (χ3n) is 4.86. The molecule has 9 heteroatoms. The standard InChI is InChI=1S/C24H29N5O3S/c1-4-17-7-9-18(10-8-17)26-23(31)16-33-24-28-27-21(29(24)5-2)15-22(30)25-19-11-13-20(14-12-19)32-6-3/h7-14H,4-6,15-16H2,1-3H3,(H,25,30)(H,26,31). The van der Waals surface area contributed by atoms with E-state index in [1.165, 1.54) is 17.3 Å². The average Bonchev–Trinajstić information content (AvgIpc) is 3.20. The van der Waals surface area contributed by atoms with Crippen molar-refractivity contribution in [3.05, 3.63) is 59.9 Å². The second kappa shape index (κ2) is 12.1. The molecule has 0 aliphatic heterocycles. The molecule has 2 amide bonds. The maximum absolute atomic E-state index is 12.5. The second-order valence-corrected chi connectivity index (χ2v) is 8.16. The molecule has 0 spiro atoms. The monoisotopic (exact) mass is 467 g/mol. The molecular formula is C24H29N5O3S. The van der Waals surface area contributed by atoms with Crippen LogP contribution in [0.1, 0.15) is 32.2 Å². The van der Waals surface area contributed by atoms with Crippen molar-refractivity contribution in [3.8, 4) is 5.75 Å². The lowest BCUT2D eigenvalue weighted by Gasteiger charge is -2.09. The van der Waals surface area contributed by atoms with Gasteiger partial charge in [0.05, 0.1) is 18.8 Å². The van der Waals surface area contributed by atoms with Crippen molar-refractivity contribution in [1.82, 2.24) is 14.8 Å². The van der Waals surface area contributed by atoms with Gasteiger partial charge in [-0.25, -0.2) is 0 Å². The molecule has 174 valence electrons. The molecule has 0 fully saturated rings. The number of rotatable bonds is 11. The van der Waals surface area contributed by atoms with Crippen LogP contribution >= 0.6 is 11.8 Å². The number of anilines is 2. The molecule has 2 N–H and O–H groups in total. The van der Waals surface area contributed by atoms with E-state index in [0.717, 1.165) is 17.9 Å². The third-order valence-corrected chi connectivity index (χ3v) is 5.82. The number of ether oxygens (including phenoxy) is 1. The van der Waals surface area contributed by atoms with Gasteiger partial charge in [0.25, 0.3) is 0 Å². The molecule has 1 heterocycles. The van der Waals surface area contributed by atoms with Gasteiger partial charge >= 0.3 is 0 Å². The summed E-state index contributed by atoms with van der Waals surface area (Å²) in [6.45, 7) is 7.15. The van der Waals surface area contributed by atoms with E-state index in [1.54, 1.807) is 12.1 Å². The molecule has 0 saturated heterocycles. The van der Waals surface area contributed by atoms with E-state index in [2.05, 4.69) is 27.8 Å².